The van der Waals surface area contributed by atoms with Crippen molar-refractivity contribution in [2.75, 3.05) is 6.54 Å². The number of thioether (sulfide) groups is 2. The smallest absolute Gasteiger partial charge is 0.178 e. The zero-order valence-electron chi connectivity index (χ0n) is 10.4. The molecule has 0 spiro atoms. The molecular weight excluding hydrogens is 292 g/mol. The predicted octanol–water partition coefficient (Wildman–Crippen LogP) is 2.55. The van der Waals surface area contributed by atoms with Crippen LogP contribution in [-0.4, -0.2) is 33.0 Å². The lowest BCUT2D eigenvalue weighted by Gasteiger charge is -2.22. The number of hydrogen-bond acceptors (Lipinski definition) is 6. The van der Waals surface area contributed by atoms with Gasteiger partial charge in [-0.15, -0.1) is 0 Å². The van der Waals surface area contributed by atoms with E-state index in [1.807, 2.05) is 6.07 Å². The fourth-order valence-electron chi connectivity index (χ4n) is 2.24. The fraction of sp³-hybridized carbons (Fsp3) is 0.286. The van der Waals surface area contributed by atoms with Crippen LogP contribution < -0.4 is 0 Å². The highest BCUT2D eigenvalue weighted by Crippen LogP contribution is 2.45. The molecule has 0 radical (unpaired) electrons. The van der Waals surface area contributed by atoms with Gasteiger partial charge in [0.15, 0.2) is 11.6 Å². The summed E-state index contributed by atoms with van der Waals surface area (Å²) in [6.07, 6.45) is 0.349. The topological polar surface area (TPSA) is 70.3 Å². The maximum Gasteiger partial charge on any atom is 0.178 e. The summed E-state index contributed by atoms with van der Waals surface area (Å²) in [6.45, 7) is 0.417. The second-order valence-corrected chi connectivity index (χ2v) is 6.93. The Morgan fingerprint density at radius 1 is 1.10 bits per heavy atom. The Morgan fingerprint density at radius 2 is 1.65 bits per heavy atom. The molecule has 0 unspecified atom stereocenters. The second-order valence-electron chi connectivity index (χ2n) is 4.41. The molecule has 0 aromatic heterocycles. The van der Waals surface area contributed by atoms with Gasteiger partial charge in [0.2, 0.25) is 0 Å². The van der Waals surface area contributed by atoms with Crippen molar-refractivity contribution in [1.29, 1.82) is 5.26 Å². The number of benzene rings is 1. The van der Waals surface area contributed by atoms with Crippen molar-refractivity contribution in [1.82, 2.24) is 0 Å². The Hall–Kier alpha value is -1.58. The number of nitriles is 1. The van der Waals surface area contributed by atoms with Gasteiger partial charge in [0.1, 0.15) is 4.38 Å². The van der Waals surface area contributed by atoms with E-state index >= 15 is 0 Å². The highest BCUT2D eigenvalue weighted by molar-refractivity contribution is 8.42. The number of carbonyl (C=O) groups excluding carboxylic acids is 2. The Morgan fingerprint density at radius 3 is 2.15 bits per heavy atom. The first-order chi connectivity index (χ1) is 9.72. The molecule has 6 heteroatoms. The average Bonchev–Trinajstić information content (AvgIpc) is 2.90. The lowest BCUT2D eigenvalue weighted by Crippen LogP contribution is -2.38. The minimum absolute atomic E-state index is 0.00758. The van der Waals surface area contributed by atoms with E-state index in [0.717, 1.165) is 4.38 Å². The zero-order valence-corrected chi connectivity index (χ0v) is 12.0. The highest BCUT2D eigenvalue weighted by atomic mass is 32.2. The lowest BCUT2D eigenvalue weighted by atomic mass is 9.89. The summed E-state index contributed by atoms with van der Waals surface area (Å²) in [5.41, 5.74) is 1.04. The maximum atomic E-state index is 12.4. The summed E-state index contributed by atoms with van der Waals surface area (Å²) in [5, 5.41) is 7.76. The predicted molar refractivity (Wildman–Crippen MR) is 80.4 cm³/mol. The molecule has 0 amide bonds. The largest absolute Gasteiger partial charge is 0.293 e. The van der Waals surface area contributed by atoms with Crippen LogP contribution in [0.4, 0.5) is 0 Å². The van der Waals surface area contributed by atoms with Gasteiger partial charge in [-0.2, -0.15) is 5.26 Å². The first kappa shape index (κ1) is 13.4. The second kappa shape index (κ2) is 5.43. The number of carbonyl (C=O) groups is 2. The van der Waals surface area contributed by atoms with Crippen molar-refractivity contribution < 1.29 is 9.59 Å². The van der Waals surface area contributed by atoms with Crippen LogP contribution in [0.25, 0.3) is 0 Å². The molecule has 2 aliphatic rings. The van der Waals surface area contributed by atoms with Crippen molar-refractivity contribution in [3.8, 4) is 6.07 Å². The van der Waals surface area contributed by atoms with Gasteiger partial charge >= 0.3 is 0 Å². The Balaban J connectivity index is 1.89. The normalized spacial score (nSPS) is 24.1. The number of rotatable bonds is 2. The quantitative estimate of drug-likeness (QED) is 0.785. The number of hydrogen-bond donors (Lipinski definition) is 0. The standard InChI is InChI=1S/C14H10N2O2S2/c15-6-3-7-16-14-19-12-10(17)8-4-1-2-5-9(8)11(18)13(12)20-14/h1-2,4-5,12-13H,3,7H2/t12-,13-/m0/s1. The molecule has 1 aromatic rings. The van der Waals surface area contributed by atoms with Crippen molar-refractivity contribution >= 4 is 39.5 Å². The number of ketones is 2. The van der Waals surface area contributed by atoms with Crippen LogP contribution in [0.1, 0.15) is 27.1 Å². The summed E-state index contributed by atoms with van der Waals surface area (Å²) in [5.74, 6) is 0.0152. The van der Waals surface area contributed by atoms with Crippen LogP contribution in [0.15, 0.2) is 29.3 Å². The number of nitrogens with zero attached hydrogens (tertiary/aromatic N) is 2. The molecule has 20 heavy (non-hydrogen) atoms. The molecule has 0 bridgehead atoms. The van der Waals surface area contributed by atoms with Gasteiger partial charge in [0, 0.05) is 11.1 Å². The van der Waals surface area contributed by atoms with Crippen LogP contribution >= 0.6 is 23.5 Å². The van der Waals surface area contributed by atoms with Crippen molar-refractivity contribution in [3.63, 3.8) is 0 Å². The van der Waals surface area contributed by atoms with E-state index in [4.69, 9.17) is 5.26 Å². The van der Waals surface area contributed by atoms with E-state index in [0.29, 0.717) is 24.1 Å². The summed E-state index contributed by atoms with van der Waals surface area (Å²) in [7, 11) is 0. The van der Waals surface area contributed by atoms with E-state index in [2.05, 4.69) is 4.99 Å². The molecule has 1 saturated heterocycles. The fourth-order valence-corrected chi connectivity index (χ4v) is 5.15. The van der Waals surface area contributed by atoms with Crippen LogP contribution in [0.3, 0.4) is 0 Å². The summed E-state index contributed by atoms with van der Waals surface area (Å²) < 4.78 is 0.741. The molecule has 2 atom stereocenters. The average molecular weight is 302 g/mol. The molecule has 0 saturated carbocycles. The van der Waals surface area contributed by atoms with E-state index in [9.17, 15) is 9.59 Å². The molecule has 3 rings (SSSR count). The molecule has 1 aromatic carbocycles. The molecule has 1 fully saturated rings. The van der Waals surface area contributed by atoms with E-state index in [1.165, 1.54) is 23.5 Å². The maximum absolute atomic E-state index is 12.4. The highest BCUT2D eigenvalue weighted by Gasteiger charge is 2.47. The monoisotopic (exact) mass is 302 g/mol. The van der Waals surface area contributed by atoms with E-state index in [-0.39, 0.29) is 22.1 Å². The molecule has 100 valence electrons. The summed E-state index contributed by atoms with van der Waals surface area (Å²) >= 11 is 2.71. The van der Waals surface area contributed by atoms with Gasteiger partial charge in [0.25, 0.3) is 0 Å². The number of Topliss-reactive ketones (excluding diaryl/α,β-unsaturated/α-hetero) is 2. The molecule has 1 aliphatic heterocycles. The molecule has 1 heterocycles. The Bertz CT molecular complexity index is 618. The third-order valence-corrected chi connectivity index (χ3v) is 6.06. The number of aliphatic imine (C=N–C) groups is 1. The molecular formula is C14H10N2O2S2. The lowest BCUT2D eigenvalue weighted by molar-refractivity contribution is 0.0905. The van der Waals surface area contributed by atoms with Crippen molar-refractivity contribution in [3.05, 3.63) is 35.4 Å². The van der Waals surface area contributed by atoms with Crippen LogP contribution in [0.5, 0.6) is 0 Å². The van der Waals surface area contributed by atoms with Crippen LogP contribution in [-0.2, 0) is 0 Å². The van der Waals surface area contributed by atoms with E-state index in [1.54, 1.807) is 24.3 Å². The molecule has 4 nitrogen and oxygen atoms in total. The van der Waals surface area contributed by atoms with Gasteiger partial charge in [-0.25, -0.2) is 0 Å². The Kier molecular flexibility index (Phi) is 3.64. The zero-order chi connectivity index (χ0) is 14.1. The number of fused-ring (bicyclic) bond motifs is 2. The van der Waals surface area contributed by atoms with Gasteiger partial charge in [-0.05, 0) is 0 Å². The first-order valence-electron chi connectivity index (χ1n) is 6.14. The van der Waals surface area contributed by atoms with Gasteiger partial charge in [0.05, 0.1) is 29.5 Å². The minimum Gasteiger partial charge on any atom is -0.293 e. The SMILES string of the molecule is N#CCCN=C1S[C@H]2C(=O)c3ccccc3C(=O)[C@@H]2S1. The van der Waals surface area contributed by atoms with E-state index < -0.39 is 0 Å². The van der Waals surface area contributed by atoms with Gasteiger partial charge < -0.3 is 0 Å². The minimum atomic E-state index is -0.372. The molecule has 1 aliphatic carbocycles. The Labute approximate surface area is 124 Å². The third kappa shape index (κ3) is 2.17. The summed E-state index contributed by atoms with van der Waals surface area (Å²) in [4.78, 5) is 29.1. The first-order valence-corrected chi connectivity index (χ1v) is 7.90. The third-order valence-electron chi connectivity index (χ3n) is 3.17. The van der Waals surface area contributed by atoms with Crippen LogP contribution in [0.2, 0.25) is 0 Å². The van der Waals surface area contributed by atoms with Gasteiger partial charge in [-0.3, -0.25) is 14.6 Å². The van der Waals surface area contributed by atoms with Gasteiger partial charge in [-0.1, -0.05) is 47.8 Å². The van der Waals surface area contributed by atoms with Crippen LogP contribution in [0, 0.1) is 11.3 Å². The van der Waals surface area contributed by atoms with Crippen molar-refractivity contribution in [2.24, 2.45) is 4.99 Å². The summed E-state index contributed by atoms with van der Waals surface area (Å²) in [6, 6.07) is 9.00. The molecule has 0 N–H and O–H groups in total. The van der Waals surface area contributed by atoms with Crippen molar-refractivity contribution in [2.45, 2.75) is 16.9 Å².